The van der Waals surface area contributed by atoms with Crippen molar-refractivity contribution in [2.24, 2.45) is 5.73 Å². The Kier molecular flexibility index (Phi) is 3.48. The van der Waals surface area contributed by atoms with Gasteiger partial charge < -0.3 is 10.3 Å². The molecule has 1 saturated heterocycles. The lowest BCUT2D eigenvalue weighted by molar-refractivity contribution is 0.453. The van der Waals surface area contributed by atoms with Crippen LogP contribution in [0.15, 0.2) is 12.4 Å². The van der Waals surface area contributed by atoms with Crippen LogP contribution in [0.1, 0.15) is 24.7 Å². The first-order chi connectivity index (χ1) is 6.92. The Balaban J connectivity index is 2.09. The summed E-state index contributed by atoms with van der Waals surface area (Å²) in [7, 11) is 0. The molecule has 0 spiro atoms. The maximum atomic E-state index is 5.56. The van der Waals surface area contributed by atoms with Gasteiger partial charge in [0.05, 0.1) is 0 Å². The molecule has 0 bridgehead atoms. The van der Waals surface area contributed by atoms with Crippen LogP contribution in [0, 0.1) is 0 Å². The smallest absolute Gasteiger partial charge is 0.110 e. The minimum atomic E-state index is 0.667. The quantitative estimate of drug-likeness (QED) is 0.823. The molecule has 1 aromatic rings. The van der Waals surface area contributed by atoms with Crippen LogP contribution in [0.4, 0.5) is 0 Å². The maximum absolute atomic E-state index is 5.56. The summed E-state index contributed by atoms with van der Waals surface area (Å²) in [6, 6.07) is 0.667. The molecular weight excluding hydrogens is 194 g/mol. The van der Waals surface area contributed by atoms with E-state index in [1.807, 2.05) is 6.20 Å². The van der Waals surface area contributed by atoms with Gasteiger partial charge in [0.15, 0.2) is 0 Å². The highest BCUT2D eigenvalue weighted by Gasteiger charge is 2.17. The van der Waals surface area contributed by atoms with E-state index in [1.165, 1.54) is 24.3 Å². The lowest BCUT2D eigenvalue weighted by Crippen LogP contribution is -2.18. The van der Waals surface area contributed by atoms with Crippen molar-refractivity contribution in [3.05, 3.63) is 18.2 Å². The zero-order valence-electron chi connectivity index (χ0n) is 8.35. The molecule has 1 fully saturated rings. The average Bonchev–Trinajstić information content (AvgIpc) is 2.68. The molecule has 0 aliphatic carbocycles. The third kappa shape index (κ3) is 2.12. The largest absolute Gasteiger partial charge is 0.332 e. The predicted molar refractivity (Wildman–Crippen MR) is 60.6 cm³/mol. The van der Waals surface area contributed by atoms with Gasteiger partial charge in [0, 0.05) is 24.9 Å². The van der Waals surface area contributed by atoms with Gasteiger partial charge in [-0.25, -0.2) is 4.98 Å². The normalized spacial score (nSPS) is 18.6. The van der Waals surface area contributed by atoms with Gasteiger partial charge >= 0.3 is 0 Å². The van der Waals surface area contributed by atoms with E-state index in [0.717, 1.165) is 12.2 Å². The van der Waals surface area contributed by atoms with Crippen molar-refractivity contribution in [1.29, 1.82) is 0 Å². The summed E-state index contributed by atoms with van der Waals surface area (Å²) in [5.74, 6) is 3.72. The zero-order valence-corrected chi connectivity index (χ0v) is 9.17. The van der Waals surface area contributed by atoms with Crippen molar-refractivity contribution >= 4 is 11.8 Å². The van der Waals surface area contributed by atoms with Crippen LogP contribution in [-0.4, -0.2) is 27.6 Å². The summed E-state index contributed by atoms with van der Waals surface area (Å²) in [6.45, 7) is 0.693. The van der Waals surface area contributed by atoms with Gasteiger partial charge in [-0.15, -0.1) is 0 Å². The van der Waals surface area contributed by atoms with Gasteiger partial charge in [-0.2, -0.15) is 11.8 Å². The number of imidazole rings is 1. The van der Waals surface area contributed by atoms with E-state index in [2.05, 4.69) is 27.5 Å². The summed E-state index contributed by atoms with van der Waals surface area (Å²) >= 11 is 2.06. The Labute approximate surface area is 89.1 Å². The summed E-state index contributed by atoms with van der Waals surface area (Å²) in [5.41, 5.74) is 5.56. The van der Waals surface area contributed by atoms with Crippen LogP contribution in [0.25, 0.3) is 0 Å². The fourth-order valence-electron chi connectivity index (χ4n) is 1.96. The monoisotopic (exact) mass is 211 g/mol. The first kappa shape index (κ1) is 10.1. The Morgan fingerprint density at radius 1 is 1.50 bits per heavy atom. The van der Waals surface area contributed by atoms with Crippen LogP contribution < -0.4 is 5.73 Å². The fraction of sp³-hybridized carbons (Fsp3) is 0.700. The van der Waals surface area contributed by atoms with E-state index in [9.17, 15) is 0 Å². The standard InChI is InChI=1S/C10H17N3S/c11-4-1-10-12-5-6-13(10)9-2-7-14-8-3-9/h5-6,9H,1-4,7-8,11H2. The van der Waals surface area contributed by atoms with Crippen molar-refractivity contribution in [3.63, 3.8) is 0 Å². The molecule has 14 heavy (non-hydrogen) atoms. The summed E-state index contributed by atoms with van der Waals surface area (Å²) in [6.07, 6.45) is 7.45. The van der Waals surface area contributed by atoms with Crippen LogP contribution in [0.5, 0.6) is 0 Å². The van der Waals surface area contributed by atoms with E-state index in [1.54, 1.807) is 0 Å². The highest BCUT2D eigenvalue weighted by molar-refractivity contribution is 7.99. The van der Waals surface area contributed by atoms with E-state index >= 15 is 0 Å². The van der Waals surface area contributed by atoms with Gasteiger partial charge in [0.2, 0.25) is 0 Å². The molecular formula is C10H17N3S. The van der Waals surface area contributed by atoms with Crippen molar-refractivity contribution in [1.82, 2.24) is 9.55 Å². The Bertz CT molecular complexity index is 279. The minimum Gasteiger partial charge on any atom is -0.332 e. The molecule has 2 N–H and O–H groups in total. The number of rotatable bonds is 3. The molecule has 0 radical (unpaired) electrons. The van der Waals surface area contributed by atoms with Gasteiger partial charge in [0.25, 0.3) is 0 Å². The molecule has 1 aliphatic rings. The van der Waals surface area contributed by atoms with Gasteiger partial charge in [0.1, 0.15) is 5.82 Å². The number of thioether (sulfide) groups is 1. The Morgan fingerprint density at radius 2 is 2.29 bits per heavy atom. The molecule has 1 aromatic heterocycles. The second kappa shape index (κ2) is 4.84. The highest BCUT2D eigenvalue weighted by Crippen LogP contribution is 2.27. The van der Waals surface area contributed by atoms with Crippen molar-refractivity contribution < 1.29 is 0 Å². The van der Waals surface area contributed by atoms with Crippen molar-refractivity contribution in [3.8, 4) is 0 Å². The Hall–Kier alpha value is -0.480. The second-order valence-electron chi connectivity index (χ2n) is 3.63. The average molecular weight is 211 g/mol. The molecule has 4 heteroatoms. The summed E-state index contributed by atoms with van der Waals surface area (Å²) < 4.78 is 2.33. The fourth-order valence-corrected chi connectivity index (χ4v) is 3.04. The third-order valence-electron chi connectivity index (χ3n) is 2.70. The van der Waals surface area contributed by atoms with Crippen LogP contribution >= 0.6 is 11.8 Å². The molecule has 0 aromatic carbocycles. The lowest BCUT2D eigenvalue weighted by Gasteiger charge is -2.24. The number of nitrogens with zero attached hydrogens (tertiary/aromatic N) is 2. The first-order valence-electron chi connectivity index (χ1n) is 5.21. The third-order valence-corrected chi connectivity index (χ3v) is 3.75. The zero-order chi connectivity index (χ0) is 9.80. The van der Waals surface area contributed by atoms with E-state index < -0.39 is 0 Å². The SMILES string of the molecule is NCCc1nccn1C1CCSCC1. The number of aromatic nitrogens is 2. The maximum Gasteiger partial charge on any atom is 0.110 e. The van der Waals surface area contributed by atoms with Crippen molar-refractivity contribution in [2.45, 2.75) is 25.3 Å². The molecule has 1 aliphatic heterocycles. The van der Waals surface area contributed by atoms with Crippen LogP contribution in [0.3, 0.4) is 0 Å². The van der Waals surface area contributed by atoms with E-state index in [-0.39, 0.29) is 0 Å². The topological polar surface area (TPSA) is 43.8 Å². The van der Waals surface area contributed by atoms with E-state index in [4.69, 9.17) is 5.73 Å². The molecule has 3 nitrogen and oxygen atoms in total. The van der Waals surface area contributed by atoms with Crippen molar-refractivity contribution in [2.75, 3.05) is 18.1 Å². The molecule has 2 rings (SSSR count). The number of nitrogens with two attached hydrogens (primary N) is 1. The van der Waals surface area contributed by atoms with Crippen LogP contribution in [-0.2, 0) is 6.42 Å². The minimum absolute atomic E-state index is 0.667. The number of hydrogen-bond acceptors (Lipinski definition) is 3. The molecule has 0 saturated carbocycles. The molecule has 0 unspecified atom stereocenters. The number of hydrogen-bond donors (Lipinski definition) is 1. The van der Waals surface area contributed by atoms with Gasteiger partial charge in [-0.05, 0) is 30.9 Å². The first-order valence-corrected chi connectivity index (χ1v) is 6.37. The molecule has 2 heterocycles. The highest BCUT2D eigenvalue weighted by atomic mass is 32.2. The molecule has 0 atom stereocenters. The Morgan fingerprint density at radius 3 is 3.00 bits per heavy atom. The molecule has 78 valence electrons. The second-order valence-corrected chi connectivity index (χ2v) is 4.86. The molecule has 0 amide bonds. The van der Waals surface area contributed by atoms with Crippen LogP contribution in [0.2, 0.25) is 0 Å². The predicted octanol–water partition coefficient (Wildman–Crippen LogP) is 1.45. The van der Waals surface area contributed by atoms with Gasteiger partial charge in [-0.1, -0.05) is 0 Å². The van der Waals surface area contributed by atoms with E-state index in [0.29, 0.717) is 12.6 Å². The van der Waals surface area contributed by atoms with Gasteiger partial charge in [-0.3, -0.25) is 0 Å². The summed E-state index contributed by atoms with van der Waals surface area (Å²) in [5, 5.41) is 0. The summed E-state index contributed by atoms with van der Waals surface area (Å²) in [4.78, 5) is 4.36. The lowest BCUT2D eigenvalue weighted by atomic mass is 10.1.